The van der Waals surface area contributed by atoms with E-state index in [9.17, 15) is 26.8 Å². The zero-order chi connectivity index (χ0) is 21.1. The Morgan fingerprint density at radius 2 is 1.79 bits per heavy atom. The van der Waals surface area contributed by atoms with Crippen molar-refractivity contribution in [1.82, 2.24) is 14.9 Å². The number of nitrogens with zero attached hydrogens (tertiary/aromatic N) is 1. The van der Waals surface area contributed by atoms with Crippen LogP contribution in [0.15, 0.2) is 23.1 Å². The van der Waals surface area contributed by atoms with Crippen LogP contribution in [0.25, 0.3) is 0 Å². The zero-order valence-electron chi connectivity index (χ0n) is 16.0. The smallest absolute Gasteiger partial charge is 0.322 e. The average Bonchev–Trinajstić information content (AvgIpc) is 2.52. The third-order valence-electron chi connectivity index (χ3n) is 4.09. The largest absolute Gasteiger partial charge is 0.333 e. The van der Waals surface area contributed by atoms with Gasteiger partial charge in [-0.1, -0.05) is 0 Å². The van der Waals surface area contributed by atoms with E-state index in [-0.39, 0.29) is 19.6 Å². The van der Waals surface area contributed by atoms with Gasteiger partial charge in [-0.25, -0.2) is 22.0 Å². The lowest BCUT2D eigenvalue weighted by molar-refractivity contribution is -0.895. The van der Waals surface area contributed by atoms with Crippen LogP contribution in [-0.2, 0) is 14.8 Å². The van der Waals surface area contributed by atoms with Gasteiger partial charge in [0.25, 0.3) is 5.91 Å². The summed E-state index contributed by atoms with van der Waals surface area (Å²) in [6.45, 7) is 6.15. The Morgan fingerprint density at radius 1 is 1.18 bits per heavy atom. The predicted molar refractivity (Wildman–Crippen MR) is 97.1 cm³/mol. The van der Waals surface area contributed by atoms with Crippen LogP contribution in [0, 0.1) is 11.6 Å². The maximum absolute atomic E-state index is 13.8. The lowest BCUT2D eigenvalue weighted by Crippen LogP contribution is -3.15. The van der Waals surface area contributed by atoms with Crippen LogP contribution in [0.5, 0.6) is 0 Å². The number of carbonyl (C=O) groups excluding carboxylic acids is 2. The molecule has 3 amide bonds. The van der Waals surface area contributed by atoms with E-state index in [4.69, 9.17) is 0 Å². The van der Waals surface area contributed by atoms with Gasteiger partial charge in [0.15, 0.2) is 6.54 Å². The summed E-state index contributed by atoms with van der Waals surface area (Å²) in [7, 11) is -4.09. The van der Waals surface area contributed by atoms with Crippen LogP contribution >= 0.6 is 0 Å². The van der Waals surface area contributed by atoms with Crippen LogP contribution in [0.3, 0.4) is 0 Å². The van der Waals surface area contributed by atoms with E-state index in [1.165, 1.54) is 0 Å². The molecular formula is C17H25F2N4O4S+. The van der Waals surface area contributed by atoms with Crippen molar-refractivity contribution in [3.63, 3.8) is 0 Å². The summed E-state index contributed by atoms with van der Waals surface area (Å²) in [5.41, 5.74) is -0.479. The van der Waals surface area contributed by atoms with Gasteiger partial charge in [-0.2, -0.15) is 4.31 Å². The Hall–Kier alpha value is -2.11. The van der Waals surface area contributed by atoms with Gasteiger partial charge in [0.1, 0.15) is 16.5 Å². The number of urea groups is 1. The van der Waals surface area contributed by atoms with Gasteiger partial charge in [-0.15, -0.1) is 0 Å². The van der Waals surface area contributed by atoms with Crippen molar-refractivity contribution in [3.05, 3.63) is 29.8 Å². The molecule has 1 aromatic rings. The van der Waals surface area contributed by atoms with Crippen molar-refractivity contribution in [3.8, 4) is 0 Å². The molecule has 0 atom stereocenters. The molecule has 28 heavy (non-hydrogen) atoms. The molecule has 0 radical (unpaired) electrons. The second kappa shape index (κ2) is 8.50. The van der Waals surface area contributed by atoms with E-state index in [0.29, 0.717) is 19.2 Å². The molecule has 1 saturated heterocycles. The van der Waals surface area contributed by atoms with Gasteiger partial charge < -0.3 is 10.2 Å². The van der Waals surface area contributed by atoms with Crippen molar-refractivity contribution in [2.75, 3.05) is 32.7 Å². The van der Waals surface area contributed by atoms with Crippen molar-refractivity contribution in [2.45, 2.75) is 31.2 Å². The number of carbonyl (C=O) groups is 2. The molecule has 0 saturated carbocycles. The molecule has 1 aliphatic heterocycles. The van der Waals surface area contributed by atoms with Gasteiger partial charge in [-0.3, -0.25) is 10.1 Å². The monoisotopic (exact) mass is 419 g/mol. The van der Waals surface area contributed by atoms with Crippen molar-refractivity contribution in [2.24, 2.45) is 0 Å². The molecule has 0 spiro atoms. The van der Waals surface area contributed by atoms with Gasteiger partial charge in [0.05, 0.1) is 26.2 Å². The van der Waals surface area contributed by atoms with Crippen LogP contribution in [0.4, 0.5) is 13.6 Å². The molecule has 1 aromatic carbocycles. The molecule has 156 valence electrons. The highest BCUT2D eigenvalue weighted by atomic mass is 32.2. The first-order chi connectivity index (χ1) is 12.9. The highest BCUT2D eigenvalue weighted by molar-refractivity contribution is 7.89. The summed E-state index contributed by atoms with van der Waals surface area (Å²) in [6, 6.07) is 1.73. The van der Waals surface area contributed by atoms with E-state index in [1.54, 1.807) is 20.8 Å². The number of halogens is 2. The normalized spacial score (nSPS) is 16.6. The zero-order valence-corrected chi connectivity index (χ0v) is 16.8. The first-order valence-corrected chi connectivity index (χ1v) is 10.2. The molecule has 2 rings (SSSR count). The summed E-state index contributed by atoms with van der Waals surface area (Å²) in [4.78, 5) is 23.9. The number of rotatable bonds is 4. The number of hydrogen-bond acceptors (Lipinski definition) is 4. The van der Waals surface area contributed by atoms with Crippen LogP contribution < -0.4 is 15.5 Å². The lowest BCUT2D eigenvalue weighted by atomic mass is 10.1. The maximum Gasteiger partial charge on any atom is 0.322 e. The number of quaternary nitrogens is 1. The lowest BCUT2D eigenvalue weighted by Gasteiger charge is -2.31. The summed E-state index contributed by atoms with van der Waals surface area (Å²) >= 11 is 0. The van der Waals surface area contributed by atoms with Crippen LogP contribution in [-0.4, -0.2) is 62.9 Å². The van der Waals surface area contributed by atoms with Crippen molar-refractivity contribution in [1.29, 1.82) is 0 Å². The topological polar surface area (TPSA) is 100 Å². The number of hydrogen-bond donors (Lipinski definition) is 3. The van der Waals surface area contributed by atoms with Crippen LogP contribution in [0.1, 0.15) is 20.8 Å². The minimum absolute atomic E-state index is 0.0103. The number of nitrogens with one attached hydrogen (secondary N) is 3. The summed E-state index contributed by atoms with van der Waals surface area (Å²) in [5.74, 6) is -2.47. The van der Waals surface area contributed by atoms with Crippen LogP contribution in [0.2, 0.25) is 0 Å². The third-order valence-corrected chi connectivity index (χ3v) is 6.03. The van der Waals surface area contributed by atoms with Gasteiger partial charge in [-0.05, 0) is 32.9 Å². The fraction of sp³-hybridized carbons (Fsp3) is 0.529. The molecule has 0 aromatic heterocycles. The van der Waals surface area contributed by atoms with Crippen molar-refractivity contribution < 1.29 is 31.7 Å². The minimum Gasteiger partial charge on any atom is -0.333 e. The highest BCUT2D eigenvalue weighted by Crippen LogP contribution is 2.20. The molecule has 11 heteroatoms. The fourth-order valence-corrected chi connectivity index (χ4v) is 4.30. The van der Waals surface area contributed by atoms with E-state index < -0.39 is 44.0 Å². The molecule has 3 N–H and O–H groups in total. The molecule has 1 fully saturated rings. The molecule has 0 unspecified atom stereocenters. The maximum atomic E-state index is 13.8. The summed E-state index contributed by atoms with van der Waals surface area (Å²) < 4.78 is 53.1. The summed E-state index contributed by atoms with van der Waals surface area (Å²) in [6.07, 6.45) is 0. The Labute approximate surface area is 162 Å². The van der Waals surface area contributed by atoms with E-state index in [0.717, 1.165) is 21.3 Å². The Balaban J connectivity index is 1.90. The number of amides is 3. The van der Waals surface area contributed by atoms with Gasteiger partial charge in [0.2, 0.25) is 10.0 Å². The summed E-state index contributed by atoms with van der Waals surface area (Å²) in [5, 5.41) is 4.85. The Morgan fingerprint density at radius 3 is 2.32 bits per heavy atom. The average molecular weight is 419 g/mol. The molecular weight excluding hydrogens is 394 g/mol. The Kier molecular flexibility index (Phi) is 6.73. The second-order valence-corrected chi connectivity index (χ2v) is 9.56. The fourth-order valence-electron chi connectivity index (χ4n) is 2.81. The third kappa shape index (κ3) is 5.94. The molecule has 1 heterocycles. The minimum atomic E-state index is -4.09. The first kappa shape index (κ1) is 22.2. The van der Waals surface area contributed by atoms with Gasteiger partial charge >= 0.3 is 6.03 Å². The quantitative estimate of drug-likeness (QED) is 0.611. The molecule has 1 aliphatic rings. The van der Waals surface area contributed by atoms with E-state index in [2.05, 4.69) is 10.6 Å². The molecule has 0 bridgehead atoms. The molecule has 0 aliphatic carbocycles. The number of sulfonamides is 1. The standard InChI is InChI=1S/C17H24F2N4O4S/c1-17(2,3)21-16(25)20-15(24)11-22-6-8-23(9-7-22)28(26,27)14-5-4-12(18)10-13(14)19/h4-5,10H,6-9,11H2,1-3H3,(H2,20,21,24,25)/p+1. The van der Waals surface area contributed by atoms with Gasteiger partial charge in [0, 0.05) is 11.6 Å². The number of benzene rings is 1. The predicted octanol–water partition coefficient (Wildman–Crippen LogP) is -0.522. The number of piperazine rings is 1. The van der Waals surface area contributed by atoms with E-state index in [1.807, 2.05) is 0 Å². The van der Waals surface area contributed by atoms with E-state index >= 15 is 0 Å². The molecule has 8 nitrogen and oxygen atoms in total. The van der Waals surface area contributed by atoms with Crippen molar-refractivity contribution >= 4 is 22.0 Å². The second-order valence-electron chi connectivity index (χ2n) is 7.66. The highest BCUT2D eigenvalue weighted by Gasteiger charge is 2.33. The number of imide groups is 1. The SMILES string of the molecule is CC(C)(C)NC(=O)NC(=O)C[NH+]1CCN(S(=O)(=O)c2ccc(F)cc2F)CC1. The Bertz CT molecular complexity index is 847. The first-order valence-electron chi connectivity index (χ1n) is 8.79.